The number of likely N-dealkylation sites (tertiary alicyclic amines) is 1. The molecule has 70 valence electrons. The number of hydrogen-bond donors (Lipinski definition) is 1. The molecule has 0 aliphatic carbocycles. The monoisotopic (exact) mass is 191 g/mol. The first-order valence-electron chi connectivity index (χ1n) is 4.08. The molecule has 2 unspecified atom stereocenters. The average Bonchev–Trinajstić information content (AvgIpc) is 2.28. The largest absolute Gasteiger partial charge is 0.388 e. The van der Waals surface area contributed by atoms with Gasteiger partial charge in [-0.1, -0.05) is 0 Å². The summed E-state index contributed by atoms with van der Waals surface area (Å²) in [6, 6.07) is 0. The van der Waals surface area contributed by atoms with Crippen LogP contribution in [-0.4, -0.2) is 40.0 Å². The van der Waals surface area contributed by atoms with Gasteiger partial charge in [0.05, 0.1) is 5.60 Å². The molecule has 1 fully saturated rings. The van der Waals surface area contributed by atoms with E-state index >= 15 is 0 Å². The van der Waals surface area contributed by atoms with Crippen LogP contribution in [0.3, 0.4) is 0 Å². The second kappa shape index (κ2) is 3.23. The van der Waals surface area contributed by atoms with Crippen LogP contribution in [0, 0.1) is 0 Å². The number of hydrogen-bond acceptors (Lipinski definition) is 2. The van der Waals surface area contributed by atoms with Crippen LogP contribution in [-0.2, 0) is 4.79 Å². The van der Waals surface area contributed by atoms with Crippen LogP contribution in [0.2, 0.25) is 0 Å². The van der Waals surface area contributed by atoms with Gasteiger partial charge in [0, 0.05) is 13.1 Å². The van der Waals surface area contributed by atoms with Crippen LogP contribution in [0.25, 0.3) is 0 Å². The summed E-state index contributed by atoms with van der Waals surface area (Å²) in [7, 11) is 0. The van der Waals surface area contributed by atoms with Crippen molar-refractivity contribution in [1.82, 2.24) is 4.90 Å². The molecule has 1 aliphatic heterocycles. The lowest BCUT2D eigenvalue weighted by molar-refractivity contribution is -0.130. The summed E-state index contributed by atoms with van der Waals surface area (Å²) in [5, 5.41) is 9.07. The normalized spacial score (nSPS) is 32.2. The number of aliphatic hydroxyl groups is 1. The standard InChI is InChI=1S/C8H14ClNO2/c1-6(9)7(11)10-4-3-8(2,12)5-10/h6,12H,3-5H2,1-2H3. The Morgan fingerprint density at radius 3 is 2.67 bits per heavy atom. The number of halogens is 1. The van der Waals surface area contributed by atoms with Crippen molar-refractivity contribution < 1.29 is 9.90 Å². The number of amides is 1. The number of carbonyl (C=O) groups is 1. The number of β-amino-alcohol motifs (C(OH)–C–C–N with tert-alkyl or cyclic N) is 1. The Morgan fingerprint density at radius 1 is 1.75 bits per heavy atom. The van der Waals surface area contributed by atoms with Gasteiger partial charge in [0.2, 0.25) is 5.91 Å². The van der Waals surface area contributed by atoms with E-state index in [1.807, 2.05) is 0 Å². The summed E-state index contributed by atoms with van der Waals surface area (Å²) in [6.45, 7) is 4.40. The maximum absolute atomic E-state index is 11.3. The van der Waals surface area contributed by atoms with Crippen LogP contribution in [0.5, 0.6) is 0 Å². The van der Waals surface area contributed by atoms with Gasteiger partial charge in [0.1, 0.15) is 5.38 Å². The molecule has 0 spiro atoms. The van der Waals surface area contributed by atoms with Crippen molar-refractivity contribution in [1.29, 1.82) is 0 Å². The molecule has 1 heterocycles. The lowest BCUT2D eigenvalue weighted by Crippen LogP contribution is -2.37. The minimum atomic E-state index is -0.721. The van der Waals surface area contributed by atoms with Crippen LogP contribution in [0.4, 0.5) is 0 Å². The van der Waals surface area contributed by atoms with Crippen molar-refractivity contribution in [3.05, 3.63) is 0 Å². The first-order chi connectivity index (χ1) is 5.42. The molecule has 0 saturated carbocycles. The summed E-state index contributed by atoms with van der Waals surface area (Å²) in [5.74, 6) is -0.0885. The Morgan fingerprint density at radius 2 is 2.33 bits per heavy atom. The van der Waals surface area contributed by atoms with E-state index < -0.39 is 11.0 Å². The lowest BCUT2D eigenvalue weighted by Gasteiger charge is -2.19. The average molecular weight is 192 g/mol. The van der Waals surface area contributed by atoms with Gasteiger partial charge in [-0.2, -0.15) is 0 Å². The minimum absolute atomic E-state index is 0.0885. The summed E-state index contributed by atoms with van der Waals surface area (Å²) < 4.78 is 0. The van der Waals surface area contributed by atoms with Crippen molar-refractivity contribution in [2.45, 2.75) is 31.2 Å². The summed E-state index contributed by atoms with van der Waals surface area (Å²) in [5.41, 5.74) is -0.721. The summed E-state index contributed by atoms with van der Waals surface area (Å²) in [4.78, 5) is 12.9. The Hall–Kier alpha value is -0.280. The molecule has 4 heteroatoms. The molecule has 1 N–H and O–H groups in total. The van der Waals surface area contributed by atoms with Crippen molar-refractivity contribution in [2.24, 2.45) is 0 Å². The van der Waals surface area contributed by atoms with Crippen LogP contribution >= 0.6 is 11.6 Å². The second-order valence-electron chi connectivity index (χ2n) is 3.62. The van der Waals surface area contributed by atoms with Gasteiger partial charge < -0.3 is 10.0 Å². The summed E-state index contributed by atoms with van der Waals surface area (Å²) in [6.07, 6.45) is 0.641. The van der Waals surface area contributed by atoms with Crippen molar-refractivity contribution in [3.63, 3.8) is 0 Å². The molecule has 0 aromatic heterocycles. The third-order valence-electron chi connectivity index (χ3n) is 2.10. The van der Waals surface area contributed by atoms with E-state index in [9.17, 15) is 9.90 Å². The molecule has 0 aromatic rings. The lowest BCUT2D eigenvalue weighted by atomic mass is 10.1. The zero-order valence-corrected chi connectivity index (χ0v) is 8.14. The van der Waals surface area contributed by atoms with Crippen LogP contribution in [0.1, 0.15) is 20.3 Å². The number of alkyl halides is 1. The van der Waals surface area contributed by atoms with Crippen LogP contribution < -0.4 is 0 Å². The predicted molar refractivity (Wildman–Crippen MR) is 47.1 cm³/mol. The fourth-order valence-corrected chi connectivity index (χ4v) is 1.52. The maximum Gasteiger partial charge on any atom is 0.240 e. The first kappa shape index (κ1) is 9.81. The molecule has 1 aliphatic rings. The molecular formula is C8H14ClNO2. The first-order valence-corrected chi connectivity index (χ1v) is 4.51. The quantitative estimate of drug-likeness (QED) is 0.617. The number of nitrogens with zero attached hydrogens (tertiary/aromatic N) is 1. The smallest absolute Gasteiger partial charge is 0.240 e. The molecular weight excluding hydrogens is 178 g/mol. The van der Waals surface area contributed by atoms with Gasteiger partial charge in [-0.25, -0.2) is 0 Å². The van der Waals surface area contributed by atoms with E-state index in [2.05, 4.69) is 0 Å². The van der Waals surface area contributed by atoms with E-state index in [0.29, 0.717) is 19.5 Å². The van der Waals surface area contributed by atoms with Gasteiger partial charge in [-0.15, -0.1) is 11.6 Å². The van der Waals surface area contributed by atoms with Crippen molar-refractivity contribution in [2.75, 3.05) is 13.1 Å². The van der Waals surface area contributed by atoms with E-state index in [0.717, 1.165) is 0 Å². The SMILES string of the molecule is CC(Cl)C(=O)N1CCC(C)(O)C1. The third kappa shape index (κ3) is 2.11. The second-order valence-corrected chi connectivity index (χ2v) is 4.28. The molecule has 0 radical (unpaired) electrons. The zero-order chi connectivity index (χ0) is 9.35. The maximum atomic E-state index is 11.3. The van der Waals surface area contributed by atoms with Crippen molar-refractivity contribution >= 4 is 17.5 Å². The fourth-order valence-electron chi connectivity index (χ4n) is 1.38. The van der Waals surface area contributed by atoms with E-state index in [-0.39, 0.29) is 5.91 Å². The molecule has 0 aromatic carbocycles. The molecule has 1 saturated heterocycles. The topological polar surface area (TPSA) is 40.5 Å². The zero-order valence-electron chi connectivity index (χ0n) is 7.38. The Balaban J connectivity index is 2.53. The van der Waals surface area contributed by atoms with Gasteiger partial charge in [0.25, 0.3) is 0 Å². The molecule has 1 amide bonds. The van der Waals surface area contributed by atoms with E-state index in [1.165, 1.54) is 0 Å². The van der Waals surface area contributed by atoms with E-state index in [4.69, 9.17) is 11.6 Å². The minimum Gasteiger partial charge on any atom is -0.388 e. The third-order valence-corrected chi connectivity index (χ3v) is 2.29. The highest BCUT2D eigenvalue weighted by Crippen LogP contribution is 2.21. The Bertz CT molecular complexity index is 191. The Kier molecular flexibility index (Phi) is 2.64. The van der Waals surface area contributed by atoms with Crippen molar-refractivity contribution in [3.8, 4) is 0 Å². The van der Waals surface area contributed by atoms with Gasteiger partial charge in [-0.05, 0) is 20.3 Å². The number of rotatable bonds is 1. The van der Waals surface area contributed by atoms with Gasteiger partial charge >= 0.3 is 0 Å². The molecule has 0 bridgehead atoms. The fraction of sp³-hybridized carbons (Fsp3) is 0.875. The van der Waals surface area contributed by atoms with Crippen LogP contribution in [0.15, 0.2) is 0 Å². The predicted octanol–water partition coefficient (Wildman–Crippen LogP) is 0.597. The molecule has 3 nitrogen and oxygen atoms in total. The highest BCUT2D eigenvalue weighted by molar-refractivity contribution is 6.30. The number of carbonyl (C=O) groups excluding carboxylic acids is 1. The molecule has 12 heavy (non-hydrogen) atoms. The van der Waals surface area contributed by atoms with Gasteiger partial charge in [-0.3, -0.25) is 4.79 Å². The highest BCUT2D eigenvalue weighted by Gasteiger charge is 2.34. The highest BCUT2D eigenvalue weighted by atomic mass is 35.5. The Labute approximate surface area is 77.3 Å². The van der Waals surface area contributed by atoms with E-state index in [1.54, 1.807) is 18.7 Å². The molecule has 2 atom stereocenters. The molecule has 1 rings (SSSR count). The van der Waals surface area contributed by atoms with Gasteiger partial charge in [0.15, 0.2) is 0 Å². The summed E-state index contributed by atoms with van der Waals surface area (Å²) >= 11 is 5.63.